The maximum atomic E-state index is 11.7. The lowest BCUT2D eigenvalue weighted by atomic mass is 10.2. The predicted molar refractivity (Wildman–Crippen MR) is 74.9 cm³/mol. The van der Waals surface area contributed by atoms with Gasteiger partial charge in [0, 0.05) is 26.1 Å². The Morgan fingerprint density at radius 3 is 2.21 bits per heavy atom. The van der Waals surface area contributed by atoms with Gasteiger partial charge in [0.1, 0.15) is 6.04 Å². The zero-order valence-corrected chi connectivity index (χ0v) is 12.9. The van der Waals surface area contributed by atoms with Crippen LogP contribution >= 0.6 is 0 Å². The fourth-order valence-electron chi connectivity index (χ4n) is 2.07. The van der Waals surface area contributed by atoms with E-state index >= 15 is 0 Å². The minimum absolute atomic E-state index is 0.230. The fraction of sp³-hybridized carbons (Fsp3) is 0.846. The van der Waals surface area contributed by atoms with Crippen LogP contribution in [0.5, 0.6) is 0 Å². The van der Waals surface area contributed by atoms with E-state index in [9.17, 15) is 9.59 Å². The number of hydrogen-bond donors (Lipinski definition) is 1. The molecule has 0 saturated heterocycles. The summed E-state index contributed by atoms with van der Waals surface area (Å²) < 4.78 is 4.73. The number of ether oxygens (including phenoxy) is 1. The molecule has 6 heteroatoms. The molecule has 6 nitrogen and oxygen atoms in total. The van der Waals surface area contributed by atoms with Gasteiger partial charge in [-0.25, -0.2) is 4.79 Å². The first kappa shape index (κ1) is 17.9. The van der Waals surface area contributed by atoms with E-state index in [2.05, 4.69) is 22.0 Å². The average Bonchev–Trinajstić information content (AvgIpc) is 2.31. The highest BCUT2D eigenvalue weighted by Gasteiger charge is 2.25. The number of methoxy groups -OCH3 is 1. The van der Waals surface area contributed by atoms with Gasteiger partial charge < -0.3 is 15.0 Å². The lowest BCUT2D eigenvalue weighted by Gasteiger charge is -2.32. The number of likely N-dealkylation sites (N-methyl/N-ethyl adjacent to an activating group) is 2. The molecule has 0 aromatic rings. The van der Waals surface area contributed by atoms with Crippen LogP contribution < -0.4 is 5.32 Å². The van der Waals surface area contributed by atoms with Gasteiger partial charge in [-0.2, -0.15) is 0 Å². The highest BCUT2D eigenvalue weighted by molar-refractivity contribution is 5.83. The Labute approximate surface area is 116 Å². The van der Waals surface area contributed by atoms with Gasteiger partial charge in [0.2, 0.25) is 5.91 Å². The molecular formula is C13H27N3O3. The minimum Gasteiger partial charge on any atom is -0.467 e. The molecule has 0 aliphatic carbocycles. The van der Waals surface area contributed by atoms with E-state index in [4.69, 9.17) is 4.74 Å². The molecule has 0 fully saturated rings. The van der Waals surface area contributed by atoms with Crippen LogP contribution in [0, 0.1) is 0 Å². The van der Waals surface area contributed by atoms with Crippen LogP contribution in [0.15, 0.2) is 0 Å². The van der Waals surface area contributed by atoms with E-state index in [1.165, 1.54) is 14.0 Å². The summed E-state index contributed by atoms with van der Waals surface area (Å²) in [6.45, 7) is 7.69. The summed E-state index contributed by atoms with van der Waals surface area (Å²) in [5.74, 6) is -0.641. The van der Waals surface area contributed by atoms with Crippen molar-refractivity contribution in [1.82, 2.24) is 15.1 Å². The Bertz CT molecular complexity index is 295. The van der Waals surface area contributed by atoms with E-state index in [1.807, 2.05) is 21.0 Å². The van der Waals surface area contributed by atoms with Gasteiger partial charge in [-0.3, -0.25) is 9.69 Å². The van der Waals surface area contributed by atoms with Crippen LogP contribution in [-0.4, -0.2) is 74.6 Å². The minimum atomic E-state index is -0.618. The fourth-order valence-corrected chi connectivity index (χ4v) is 2.07. The summed E-state index contributed by atoms with van der Waals surface area (Å²) in [5, 5.41) is 2.63. The van der Waals surface area contributed by atoms with Gasteiger partial charge in [-0.15, -0.1) is 0 Å². The SMILES string of the molecule is CCN(CC(NC(C)=O)C(=O)OC)C(C)CN(C)C. The second kappa shape index (κ2) is 8.87. The molecule has 1 N–H and O–H groups in total. The van der Waals surface area contributed by atoms with E-state index in [0.29, 0.717) is 12.6 Å². The van der Waals surface area contributed by atoms with Crippen molar-refractivity contribution in [2.75, 3.05) is 40.8 Å². The maximum absolute atomic E-state index is 11.7. The Morgan fingerprint density at radius 2 is 1.84 bits per heavy atom. The summed E-state index contributed by atoms with van der Waals surface area (Å²) in [4.78, 5) is 27.1. The van der Waals surface area contributed by atoms with Gasteiger partial charge >= 0.3 is 5.97 Å². The summed E-state index contributed by atoms with van der Waals surface area (Å²) in [7, 11) is 5.35. The molecular weight excluding hydrogens is 246 g/mol. The van der Waals surface area contributed by atoms with Crippen molar-refractivity contribution in [3.8, 4) is 0 Å². The molecule has 0 aliphatic rings. The van der Waals surface area contributed by atoms with Crippen LogP contribution in [0.1, 0.15) is 20.8 Å². The third-order valence-corrected chi connectivity index (χ3v) is 2.94. The van der Waals surface area contributed by atoms with Crippen molar-refractivity contribution in [2.45, 2.75) is 32.9 Å². The Balaban J connectivity index is 4.67. The zero-order chi connectivity index (χ0) is 15.0. The molecule has 2 unspecified atom stereocenters. The molecule has 112 valence electrons. The Hall–Kier alpha value is -1.14. The Morgan fingerprint density at radius 1 is 1.26 bits per heavy atom. The molecule has 0 saturated carbocycles. The van der Waals surface area contributed by atoms with Gasteiger partial charge in [0.15, 0.2) is 0 Å². The van der Waals surface area contributed by atoms with E-state index in [0.717, 1.165) is 13.1 Å². The molecule has 0 aromatic carbocycles. The lowest BCUT2D eigenvalue weighted by molar-refractivity contribution is -0.145. The van der Waals surface area contributed by atoms with Gasteiger partial charge in [-0.05, 0) is 27.6 Å². The van der Waals surface area contributed by atoms with E-state index in [1.54, 1.807) is 0 Å². The molecule has 0 radical (unpaired) electrons. The number of esters is 1. The average molecular weight is 273 g/mol. The summed E-state index contributed by atoms with van der Waals surface area (Å²) >= 11 is 0. The molecule has 0 rings (SSSR count). The first-order valence-corrected chi connectivity index (χ1v) is 6.55. The highest BCUT2D eigenvalue weighted by Crippen LogP contribution is 2.03. The van der Waals surface area contributed by atoms with Crippen LogP contribution in [0.3, 0.4) is 0 Å². The molecule has 0 heterocycles. The highest BCUT2D eigenvalue weighted by atomic mass is 16.5. The number of hydrogen-bond acceptors (Lipinski definition) is 5. The van der Waals surface area contributed by atoms with Crippen LogP contribution in [0.4, 0.5) is 0 Å². The monoisotopic (exact) mass is 273 g/mol. The second-order valence-corrected chi connectivity index (χ2v) is 4.98. The zero-order valence-electron chi connectivity index (χ0n) is 12.9. The number of amides is 1. The smallest absolute Gasteiger partial charge is 0.329 e. The van der Waals surface area contributed by atoms with Crippen molar-refractivity contribution < 1.29 is 14.3 Å². The van der Waals surface area contributed by atoms with Crippen LogP contribution in [0.25, 0.3) is 0 Å². The van der Waals surface area contributed by atoms with Gasteiger partial charge in [-0.1, -0.05) is 6.92 Å². The third-order valence-electron chi connectivity index (χ3n) is 2.94. The summed E-state index contributed by atoms with van der Waals surface area (Å²) in [6, 6.07) is -0.326. The predicted octanol–water partition coefficient (Wildman–Crippen LogP) is -0.0639. The molecule has 1 amide bonds. The number of nitrogens with one attached hydrogen (secondary N) is 1. The number of nitrogens with zero attached hydrogens (tertiary/aromatic N) is 2. The van der Waals surface area contributed by atoms with Crippen molar-refractivity contribution in [3.63, 3.8) is 0 Å². The van der Waals surface area contributed by atoms with Crippen molar-refractivity contribution in [1.29, 1.82) is 0 Å². The van der Waals surface area contributed by atoms with Crippen LogP contribution in [0.2, 0.25) is 0 Å². The number of carbonyl (C=O) groups excluding carboxylic acids is 2. The summed E-state index contributed by atoms with van der Waals surface area (Å²) in [6.07, 6.45) is 0. The normalized spacial score (nSPS) is 14.3. The lowest BCUT2D eigenvalue weighted by Crippen LogP contribution is -2.51. The second-order valence-electron chi connectivity index (χ2n) is 4.98. The van der Waals surface area contributed by atoms with Crippen molar-refractivity contribution in [2.24, 2.45) is 0 Å². The quantitative estimate of drug-likeness (QED) is 0.628. The number of rotatable bonds is 8. The summed E-state index contributed by atoms with van der Waals surface area (Å²) in [5.41, 5.74) is 0. The van der Waals surface area contributed by atoms with E-state index in [-0.39, 0.29) is 5.91 Å². The van der Waals surface area contributed by atoms with Gasteiger partial charge in [0.05, 0.1) is 7.11 Å². The topological polar surface area (TPSA) is 61.9 Å². The van der Waals surface area contributed by atoms with Crippen molar-refractivity contribution in [3.05, 3.63) is 0 Å². The first-order chi connectivity index (χ1) is 8.81. The number of carbonyl (C=O) groups is 2. The van der Waals surface area contributed by atoms with Crippen LogP contribution in [-0.2, 0) is 14.3 Å². The van der Waals surface area contributed by atoms with Gasteiger partial charge in [0.25, 0.3) is 0 Å². The first-order valence-electron chi connectivity index (χ1n) is 6.55. The molecule has 2 atom stereocenters. The third kappa shape index (κ3) is 7.12. The Kier molecular flexibility index (Phi) is 8.34. The van der Waals surface area contributed by atoms with E-state index < -0.39 is 12.0 Å². The standard InChI is InChI=1S/C13H27N3O3/c1-7-16(10(2)8-15(4)5)9-12(13(18)19-6)14-11(3)17/h10,12H,7-9H2,1-6H3,(H,14,17). The molecule has 0 aliphatic heterocycles. The molecule has 0 bridgehead atoms. The van der Waals surface area contributed by atoms with Crippen molar-refractivity contribution >= 4 is 11.9 Å². The molecule has 19 heavy (non-hydrogen) atoms. The molecule has 0 aromatic heterocycles. The maximum Gasteiger partial charge on any atom is 0.329 e. The molecule has 0 spiro atoms. The largest absolute Gasteiger partial charge is 0.467 e.